The SMILES string of the molecule is Cc1cc(Nc2nc(Nc3ccccc3S(=O)(=O)C(C)C)c3c(C)[nH]nc3n2)c(OC(C)C)cc1C1CCN(CCC(F)(F)F)CC1. The third-order valence-corrected chi connectivity index (χ3v) is 10.6. The van der Waals surface area contributed by atoms with Gasteiger partial charge >= 0.3 is 6.18 Å². The van der Waals surface area contributed by atoms with Crippen LogP contribution in [0.15, 0.2) is 41.3 Å². The van der Waals surface area contributed by atoms with Crippen LogP contribution in [0.2, 0.25) is 0 Å². The highest BCUT2D eigenvalue weighted by Gasteiger charge is 2.30. The Morgan fingerprint density at radius 1 is 1.02 bits per heavy atom. The monoisotopic (exact) mass is 673 g/mol. The molecule has 14 heteroatoms. The van der Waals surface area contributed by atoms with E-state index in [0.29, 0.717) is 52.8 Å². The predicted molar refractivity (Wildman–Crippen MR) is 178 cm³/mol. The van der Waals surface area contributed by atoms with Crippen molar-refractivity contribution in [3.05, 3.63) is 53.2 Å². The number of piperidine rings is 1. The number of fused-ring (bicyclic) bond motifs is 1. The largest absolute Gasteiger partial charge is 0.489 e. The minimum Gasteiger partial charge on any atom is -0.489 e. The third-order valence-electron chi connectivity index (χ3n) is 8.38. The second kappa shape index (κ2) is 13.7. The number of benzene rings is 2. The lowest BCUT2D eigenvalue weighted by atomic mass is 9.86. The zero-order chi connectivity index (χ0) is 34.1. The summed E-state index contributed by atoms with van der Waals surface area (Å²) >= 11 is 0. The van der Waals surface area contributed by atoms with Gasteiger partial charge in [0.25, 0.3) is 0 Å². The lowest BCUT2D eigenvalue weighted by Crippen LogP contribution is -2.35. The summed E-state index contributed by atoms with van der Waals surface area (Å²) in [5.41, 5.74) is 4.26. The lowest BCUT2D eigenvalue weighted by molar-refractivity contribution is -0.138. The van der Waals surface area contributed by atoms with Gasteiger partial charge in [0.15, 0.2) is 15.5 Å². The summed E-state index contributed by atoms with van der Waals surface area (Å²) in [4.78, 5) is 11.5. The maximum absolute atomic E-state index is 13.2. The smallest absolute Gasteiger partial charge is 0.390 e. The van der Waals surface area contributed by atoms with Crippen LogP contribution < -0.4 is 15.4 Å². The maximum atomic E-state index is 13.2. The molecular weight excluding hydrogens is 631 g/mol. The topological polar surface area (TPSA) is 125 Å². The van der Waals surface area contributed by atoms with Crippen molar-refractivity contribution in [1.29, 1.82) is 0 Å². The fraction of sp³-hybridized carbons (Fsp3) is 0.485. The van der Waals surface area contributed by atoms with E-state index < -0.39 is 27.7 Å². The van der Waals surface area contributed by atoms with Gasteiger partial charge in [-0.15, -0.1) is 0 Å². The molecule has 10 nitrogen and oxygen atoms in total. The number of alkyl halides is 3. The Bertz CT molecular complexity index is 1830. The van der Waals surface area contributed by atoms with Crippen LogP contribution in [0.25, 0.3) is 11.0 Å². The van der Waals surface area contributed by atoms with Crippen LogP contribution in [0.4, 0.5) is 36.3 Å². The van der Waals surface area contributed by atoms with E-state index in [0.717, 1.165) is 24.0 Å². The van der Waals surface area contributed by atoms with Gasteiger partial charge in [-0.05, 0) is 109 Å². The first kappa shape index (κ1) is 34.4. The number of likely N-dealkylation sites (tertiary alicyclic amines) is 1. The van der Waals surface area contributed by atoms with E-state index in [1.807, 2.05) is 44.7 Å². The quantitative estimate of drug-likeness (QED) is 0.148. The van der Waals surface area contributed by atoms with E-state index in [1.165, 1.54) is 0 Å². The second-order valence-corrected chi connectivity index (χ2v) is 15.1. The average molecular weight is 674 g/mol. The fourth-order valence-electron chi connectivity index (χ4n) is 5.88. The second-order valence-electron chi connectivity index (χ2n) is 12.6. The molecule has 0 atom stereocenters. The summed E-state index contributed by atoms with van der Waals surface area (Å²) in [5, 5.41) is 13.8. The van der Waals surface area contributed by atoms with Crippen LogP contribution in [0.1, 0.15) is 69.7 Å². The van der Waals surface area contributed by atoms with Gasteiger partial charge in [0.2, 0.25) is 5.95 Å². The average Bonchev–Trinajstić information content (AvgIpc) is 3.37. The van der Waals surface area contributed by atoms with Crippen LogP contribution in [0.5, 0.6) is 5.75 Å². The number of nitrogens with one attached hydrogen (secondary N) is 3. The number of hydrogen-bond acceptors (Lipinski definition) is 9. The highest BCUT2D eigenvalue weighted by molar-refractivity contribution is 7.92. The standard InChI is InChI=1S/C33H42F3N7O3S/c1-19(2)46-27-18-24(23-11-14-43(15-12-23)16-13-33(34,35)36)21(5)17-26(27)38-32-39-30(29-22(6)41-42-31(29)40-32)37-25-9-7-8-10-28(25)47(44,45)20(3)4/h7-10,17-20,23H,11-16H2,1-6H3,(H3,37,38,39,40,41,42). The van der Waals surface area contributed by atoms with Crippen molar-refractivity contribution in [3.8, 4) is 5.75 Å². The molecule has 0 bridgehead atoms. The first-order chi connectivity index (χ1) is 22.1. The summed E-state index contributed by atoms with van der Waals surface area (Å²) in [7, 11) is -3.59. The molecule has 5 rings (SSSR count). The molecule has 1 aliphatic heterocycles. The molecule has 47 heavy (non-hydrogen) atoms. The molecule has 0 unspecified atom stereocenters. The number of aromatic nitrogens is 4. The highest BCUT2D eigenvalue weighted by Crippen LogP contribution is 2.39. The molecule has 2 aromatic heterocycles. The molecule has 254 valence electrons. The van der Waals surface area contributed by atoms with Gasteiger partial charge in [0.05, 0.1) is 39.4 Å². The Morgan fingerprint density at radius 2 is 1.72 bits per heavy atom. The fourth-order valence-corrected chi connectivity index (χ4v) is 7.08. The van der Waals surface area contributed by atoms with Gasteiger partial charge in [-0.25, -0.2) is 8.42 Å². The van der Waals surface area contributed by atoms with Crippen molar-refractivity contribution in [2.24, 2.45) is 0 Å². The number of aromatic amines is 1. The van der Waals surface area contributed by atoms with Crippen LogP contribution in [0, 0.1) is 13.8 Å². The van der Waals surface area contributed by atoms with E-state index in [-0.39, 0.29) is 29.4 Å². The summed E-state index contributed by atoms with van der Waals surface area (Å²) in [6.45, 7) is 12.2. The molecule has 1 saturated heterocycles. The predicted octanol–water partition coefficient (Wildman–Crippen LogP) is 7.56. The summed E-state index contributed by atoms with van der Waals surface area (Å²) in [6.07, 6.45) is -3.57. The van der Waals surface area contributed by atoms with Crippen LogP contribution >= 0.6 is 0 Å². The number of H-pyrrole nitrogens is 1. The van der Waals surface area contributed by atoms with Crippen molar-refractivity contribution in [2.45, 2.75) is 89.1 Å². The zero-order valence-corrected chi connectivity index (χ0v) is 28.3. The molecule has 0 saturated carbocycles. The molecule has 0 radical (unpaired) electrons. The molecule has 0 spiro atoms. The number of nitrogens with zero attached hydrogens (tertiary/aromatic N) is 4. The molecule has 0 aliphatic carbocycles. The number of hydrogen-bond donors (Lipinski definition) is 3. The summed E-state index contributed by atoms with van der Waals surface area (Å²) in [6, 6.07) is 10.7. The van der Waals surface area contributed by atoms with Gasteiger partial charge in [0, 0.05) is 12.2 Å². The Morgan fingerprint density at radius 3 is 2.38 bits per heavy atom. The first-order valence-electron chi connectivity index (χ1n) is 15.8. The third kappa shape index (κ3) is 7.98. The minimum absolute atomic E-state index is 0.0234. The molecule has 1 fully saturated rings. The summed E-state index contributed by atoms with van der Waals surface area (Å²) < 4.78 is 70.8. The molecule has 1 aliphatic rings. The molecular formula is C33H42F3N7O3S. The van der Waals surface area contributed by atoms with Crippen LogP contribution in [0.3, 0.4) is 0 Å². The molecule has 0 amide bonds. The van der Waals surface area contributed by atoms with Crippen molar-refractivity contribution in [1.82, 2.24) is 25.1 Å². The van der Waals surface area contributed by atoms with Gasteiger partial charge in [-0.2, -0.15) is 28.2 Å². The van der Waals surface area contributed by atoms with E-state index in [9.17, 15) is 21.6 Å². The number of halogens is 3. The van der Waals surface area contributed by atoms with Gasteiger partial charge in [-0.1, -0.05) is 12.1 Å². The Balaban J connectivity index is 1.45. The Kier molecular flexibility index (Phi) is 10.0. The van der Waals surface area contributed by atoms with E-state index in [1.54, 1.807) is 38.1 Å². The van der Waals surface area contributed by atoms with Gasteiger partial charge in [-0.3, -0.25) is 5.10 Å². The minimum atomic E-state index is -4.15. The molecule has 4 aromatic rings. The van der Waals surface area contributed by atoms with Gasteiger partial charge < -0.3 is 20.3 Å². The number of anilines is 4. The molecule has 3 N–H and O–H groups in total. The van der Waals surface area contributed by atoms with Crippen molar-refractivity contribution in [2.75, 3.05) is 30.3 Å². The van der Waals surface area contributed by atoms with Crippen LogP contribution in [-0.2, 0) is 9.84 Å². The van der Waals surface area contributed by atoms with Crippen LogP contribution in [-0.4, -0.2) is 70.6 Å². The number of para-hydroxylation sites is 1. The first-order valence-corrected chi connectivity index (χ1v) is 17.4. The number of ether oxygens (including phenoxy) is 1. The van der Waals surface area contributed by atoms with Crippen molar-refractivity contribution < 1.29 is 26.3 Å². The summed E-state index contributed by atoms with van der Waals surface area (Å²) in [5.74, 6) is 1.41. The Labute approximate surface area is 273 Å². The number of rotatable bonds is 11. The molecule has 3 heterocycles. The number of aryl methyl sites for hydroxylation is 2. The van der Waals surface area contributed by atoms with Crippen molar-refractivity contribution >= 4 is 44.0 Å². The van der Waals surface area contributed by atoms with Crippen molar-refractivity contribution in [3.63, 3.8) is 0 Å². The van der Waals surface area contributed by atoms with E-state index >= 15 is 0 Å². The lowest BCUT2D eigenvalue weighted by Gasteiger charge is -2.33. The van der Waals surface area contributed by atoms with Gasteiger partial charge in [0.1, 0.15) is 11.6 Å². The van der Waals surface area contributed by atoms with E-state index in [2.05, 4.69) is 25.8 Å². The maximum Gasteiger partial charge on any atom is 0.390 e. The zero-order valence-electron chi connectivity index (χ0n) is 27.5. The van der Waals surface area contributed by atoms with E-state index in [4.69, 9.17) is 9.72 Å². The highest BCUT2D eigenvalue weighted by atomic mass is 32.2. The normalized spacial score (nSPS) is 15.1. The molecule has 2 aromatic carbocycles. The number of sulfone groups is 1. The Hall–Kier alpha value is -3.91.